The Kier molecular flexibility index (Phi) is 5.77. The molecule has 0 aromatic heterocycles. The van der Waals surface area contributed by atoms with Crippen molar-refractivity contribution < 1.29 is 13.2 Å². The fraction of sp³-hybridized carbons (Fsp3) is 0.462. The number of carbonyl (C=O) groups excluding carboxylic acids is 1. The zero-order valence-electron chi connectivity index (χ0n) is 12.3. The number of halogens is 1. The van der Waals surface area contributed by atoms with Crippen molar-refractivity contribution in [3.8, 4) is 0 Å². The Morgan fingerprint density at radius 3 is 2.43 bits per heavy atom. The van der Waals surface area contributed by atoms with Crippen LogP contribution in [0.4, 0.5) is 5.69 Å². The summed E-state index contributed by atoms with van der Waals surface area (Å²) in [7, 11) is -3.84. The van der Waals surface area contributed by atoms with E-state index < -0.39 is 15.9 Å². The molecule has 1 rings (SSSR count). The number of nitrogen functional groups attached to an aromatic ring is 1. The Bertz CT molecular complexity index is 644. The Balaban J connectivity index is 3.38. The Labute approximate surface area is 133 Å². The van der Waals surface area contributed by atoms with Gasteiger partial charge >= 0.3 is 0 Å². The molecule has 1 aromatic carbocycles. The molecule has 0 spiro atoms. The van der Waals surface area contributed by atoms with Crippen LogP contribution in [0.25, 0.3) is 0 Å². The summed E-state index contributed by atoms with van der Waals surface area (Å²) in [4.78, 5) is 11.3. The van der Waals surface area contributed by atoms with Crippen molar-refractivity contribution in [2.75, 3.05) is 18.8 Å². The number of amides is 1. The van der Waals surface area contributed by atoms with Crippen molar-refractivity contribution in [3.63, 3.8) is 0 Å². The molecule has 8 heteroatoms. The minimum absolute atomic E-state index is 0.0592. The van der Waals surface area contributed by atoms with E-state index in [1.54, 1.807) is 13.0 Å². The first-order valence-corrected chi connectivity index (χ1v) is 8.63. The molecular weight excluding hydrogens is 358 g/mol. The van der Waals surface area contributed by atoms with Gasteiger partial charge in [0.15, 0.2) is 0 Å². The summed E-state index contributed by atoms with van der Waals surface area (Å²) in [6.07, 6.45) is 0. The number of sulfonamides is 1. The first-order valence-electron chi connectivity index (χ1n) is 6.39. The van der Waals surface area contributed by atoms with E-state index in [0.717, 1.165) is 4.31 Å². The average molecular weight is 378 g/mol. The van der Waals surface area contributed by atoms with Crippen LogP contribution in [0.2, 0.25) is 0 Å². The van der Waals surface area contributed by atoms with Crippen LogP contribution < -0.4 is 11.5 Å². The molecule has 0 bridgehead atoms. The number of nitrogens with two attached hydrogens (primary N) is 2. The number of benzene rings is 1. The molecule has 0 aliphatic heterocycles. The van der Waals surface area contributed by atoms with Gasteiger partial charge in [0, 0.05) is 16.7 Å². The first kappa shape index (κ1) is 17.9. The van der Waals surface area contributed by atoms with Gasteiger partial charge in [0.05, 0.1) is 11.4 Å². The number of hydrogen-bond acceptors (Lipinski definition) is 4. The summed E-state index contributed by atoms with van der Waals surface area (Å²) >= 11 is 3.24. The highest BCUT2D eigenvalue weighted by Gasteiger charge is 2.29. The second-order valence-electron chi connectivity index (χ2n) is 5.28. The van der Waals surface area contributed by atoms with E-state index >= 15 is 0 Å². The van der Waals surface area contributed by atoms with Gasteiger partial charge in [-0.2, -0.15) is 4.31 Å². The topological polar surface area (TPSA) is 106 Å². The maximum Gasteiger partial charge on any atom is 0.243 e. The minimum Gasteiger partial charge on any atom is -0.398 e. The van der Waals surface area contributed by atoms with E-state index in [-0.39, 0.29) is 23.9 Å². The lowest BCUT2D eigenvalue weighted by atomic mass is 10.2. The number of nitrogens with zero attached hydrogens (tertiary/aromatic N) is 1. The molecule has 0 radical (unpaired) electrons. The van der Waals surface area contributed by atoms with E-state index in [2.05, 4.69) is 15.9 Å². The van der Waals surface area contributed by atoms with Crippen molar-refractivity contribution in [2.45, 2.75) is 25.7 Å². The molecule has 118 valence electrons. The molecule has 1 aromatic rings. The second kappa shape index (κ2) is 6.76. The van der Waals surface area contributed by atoms with Crippen LogP contribution in [0, 0.1) is 12.8 Å². The number of hydrogen-bond donors (Lipinski definition) is 2. The SMILES string of the molecule is Cc1c(N)cc(Br)cc1S(=O)(=O)N(CC(N)=O)CC(C)C. The maximum atomic E-state index is 12.8. The summed E-state index contributed by atoms with van der Waals surface area (Å²) in [6.45, 7) is 5.22. The van der Waals surface area contributed by atoms with Gasteiger partial charge in [-0.25, -0.2) is 8.42 Å². The third kappa shape index (κ3) is 4.42. The monoisotopic (exact) mass is 377 g/mol. The van der Waals surface area contributed by atoms with E-state index in [1.807, 2.05) is 13.8 Å². The Morgan fingerprint density at radius 1 is 1.38 bits per heavy atom. The van der Waals surface area contributed by atoms with Crippen LogP contribution in [-0.4, -0.2) is 31.7 Å². The highest BCUT2D eigenvalue weighted by Crippen LogP contribution is 2.28. The molecule has 6 nitrogen and oxygen atoms in total. The molecule has 0 aliphatic rings. The summed E-state index contributed by atoms with van der Waals surface area (Å²) < 4.78 is 27.2. The van der Waals surface area contributed by atoms with Crippen molar-refractivity contribution in [2.24, 2.45) is 11.7 Å². The van der Waals surface area contributed by atoms with E-state index in [1.165, 1.54) is 6.07 Å². The third-order valence-electron chi connectivity index (χ3n) is 2.88. The smallest absolute Gasteiger partial charge is 0.243 e. The van der Waals surface area contributed by atoms with Crippen molar-refractivity contribution in [1.29, 1.82) is 0 Å². The van der Waals surface area contributed by atoms with Gasteiger partial charge < -0.3 is 11.5 Å². The second-order valence-corrected chi connectivity index (χ2v) is 8.10. The van der Waals surface area contributed by atoms with Gasteiger partial charge in [-0.05, 0) is 30.5 Å². The molecule has 4 N–H and O–H groups in total. The molecule has 0 saturated carbocycles. The predicted molar refractivity (Wildman–Crippen MR) is 86.1 cm³/mol. The van der Waals surface area contributed by atoms with Crippen LogP contribution in [0.15, 0.2) is 21.5 Å². The van der Waals surface area contributed by atoms with E-state index in [9.17, 15) is 13.2 Å². The molecule has 0 unspecified atom stereocenters. The Morgan fingerprint density at radius 2 is 1.95 bits per heavy atom. The van der Waals surface area contributed by atoms with Crippen LogP contribution in [-0.2, 0) is 14.8 Å². The lowest BCUT2D eigenvalue weighted by molar-refractivity contribution is -0.118. The van der Waals surface area contributed by atoms with Crippen LogP contribution in [0.3, 0.4) is 0 Å². The molecule has 0 heterocycles. The predicted octanol–water partition coefficient (Wildman–Crippen LogP) is 1.47. The number of rotatable bonds is 6. The lowest BCUT2D eigenvalue weighted by Crippen LogP contribution is -2.40. The van der Waals surface area contributed by atoms with Gasteiger partial charge in [0.1, 0.15) is 0 Å². The normalized spacial score (nSPS) is 12.1. The summed E-state index contributed by atoms with van der Waals surface area (Å²) in [5.41, 5.74) is 11.8. The van der Waals surface area contributed by atoms with Gasteiger partial charge in [0.2, 0.25) is 15.9 Å². The fourth-order valence-electron chi connectivity index (χ4n) is 1.91. The van der Waals surface area contributed by atoms with Crippen LogP contribution in [0.1, 0.15) is 19.4 Å². The van der Waals surface area contributed by atoms with Crippen LogP contribution >= 0.6 is 15.9 Å². The minimum atomic E-state index is -3.84. The first-order chi connectivity index (χ1) is 9.55. The summed E-state index contributed by atoms with van der Waals surface area (Å²) in [5, 5.41) is 0. The fourth-order valence-corrected chi connectivity index (χ4v) is 4.39. The highest BCUT2D eigenvalue weighted by molar-refractivity contribution is 9.10. The molecule has 0 aliphatic carbocycles. The number of primary amides is 1. The van der Waals surface area contributed by atoms with Crippen molar-refractivity contribution in [1.82, 2.24) is 4.31 Å². The average Bonchev–Trinajstić information content (AvgIpc) is 2.31. The Hall–Kier alpha value is -1.12. The number of anilines is 1. The molecule has 1 amide bonds. The third-order valence-corrected chi connectivity index (χ3v) is 5.28. The summed E-state index contributed by atoms with van der Waals surface area (Å²) in [5.74, 6) is -0.635. The van der Waals surface area contributed by atoms with Gasteiger partial charge in [-0.15, -0.1) is 0 Å². The van der Waals surface area contributed by atoms with Crippen molar-refractivity contribution >= 4 is 37.5 Å². The van der Waals surface area contributed by atoms with Gasteiger partial charge in [0.25, 0.3) is 0 Å². The van der Waals surface area contributed by atoms with E-state index in [4.69, 9.17) is 11.5 Å². The summed E-state index contributed by atoms with van der Waals surface area (Å²) in [6, 6.07) is 3.12. The van der Waals surface area contributed by atoms with Gasteiger partial charge in [-0.3, -0.25) is 4.79 Å². The molecule has 0 fully saturated rings. The lowest BCUT2D eigenvalue weighted by Gasteiger charge is -2.24. The zero-order chi connectivity index (χ0) is 16.4. The maximum absolute atomic E-state index is 12.8. The molecule has 0 saturated heterocycles. The standard InChI is InChI=1S/C13H20BrN3O3S/c1-8(2)6-17(7-13(16)18)21(19,20)12-5-10(14)4-11(15)9(12)3/h4-5,8H,6-7,15H2,1-3H3,(H2,16,18). The largest absolute Gasteiger partial charge is 0.398 e. The number of carbonyl (C=O) groups is 1. The van der Waals surface area contributed by atoms with Crippen molar-refractivity contribution in [3.05, 3.63) is 22.2 Å². The quantitative estimate of drug-likeness (QED) is 0.731. The van der Waals surface area contributed by atoms with Crippen LogP contribution in [0.5, 0.6) is 0 Å². The van der Waals surface area contributed by atoms with E-state index in [0.29, 0.717) is 15.7 Å². The highest BCUT2D eigenvalue weighted by atomic mass is 79.9. The van der Waals surface area contributed by atoms with Gasteiger partial charge in [-0.1, -0.05) is 29.8 Å². The molecule has 0 atom stereocenters. The zero-order valence-corrected chi connectivity index (χ0v) is 14.7. The molecule has 21 heavy (non-hydrogen) atoms. The molecular formula is C13H20BrN3O3S.